The lowest BCUT2D eigenvalue weighted by Crippen LogP contribution is -2.48. The molecule has 0 radical (unpaired) electrons. The van der Waals surface area contributed by atoms with Crippen molar-refractivity contribution in [3.05, 3.63) is 32.6 Å². The van der Waals surface area contributed by atoms with Crippen molar-refractivity contribution in [1.82, 2.24) is 9.55 Å². The number of methoxy groups -OCH3 is 1. The van der Waals surface area contributed by atoms with Gasteiger partial charge in [0.05, 0.1) is 6.10 Å². The Hall–Kier alpha value is -1.26. The second-order valence-corrected chi connectivity index (χ2v) is 13.7. The van der Waals surface area contributed by atoms with Gasteiger partial charge in [0.15, 0.2) is 14.6 Å². The molecule has 1 aromatic heterocycles. The van der Waals surface area contributed by atoms with Crippen LogP contribution in [0.2, 0.25) is 18.1 Å². The number of hydrogen-bond acceptors (Lipinski definition) is 6. The topological polar surface area (TPSA) is 103 Å². The van der Waals surface area contributed by atoms with Crippen LogP contribution in [0.5, 0.6) is 0 Å². The molecule has 0 aliphatic carbocycles. The molecule has 0 saturated carbocycles. The average molecular weight is 401 g/mol. The number of aromatic nitrogens is 2. The molecule has 1 aliphatic heterocycles. The van der Waals surface area contributed by atoms with E-state index in [0.29, 0.717) is 12.0 Å². The number of aryl methyl sites for hydroxylation is 1. The lowest BCUT2D eigenvalue weighted by Gasteiger charge is -2.39. The SMILES string of the molecule is COC(O)[C@H]1O[C@@](C)(n2cc(C)c(=O)[nH]c2=O)C[C@@H]1O[Si](C)(C)C(C)(C)C. The zero-order chi connectivity index (χ0) is 20.8. The summed E-state index contributed by atoms with van der Waals surface area (Å²) in [6.07, 6.45) is -0.582. The second kappa shape index (κ2) is 7.29. The lowest BCUT2D eigenvalue weighted by molar-refractivity contribution is -0.203. The molecule has 1 unspecified atom stereocenters. The number of aromatic amines is 1. The molecular formula is C18H32N2O6Si. The summed E-state index contributed by atoms with van der Waals surface area (Å²) in [7, 11) is -0.767. The smallest absolute Gasteiger partial charge is 0.330 e. The molecule has 1 aromatic rings. The number of ether oxygens (including phenoxy) is 2. The summed E-state index contributed by atoms with van der Waals surface area (Å²) in [5.41, 5.74) is -1.67. The molecule has 4 atom stereocenters. The minimum atomic E-state index is -2.16. The molecule has 2 heterocycles. The molecule has 154 valence electrons. The summed E-state index contributed by atoms with van der Waals surface area (Å²) < 4.78 is 19.0. The molecule has 1 saturated heterocycles. The Bertz CT molecular complexity index is 796. The van der Waals surface area contributed by atoms with Crippen molar-refractivity contribution >= 4 is 8.32 Å². The molecule has 27 heavy (non-hydrogen) atoms. The van der Waals surface area contributed by atoms with E-state index in [9.17, 15) is 14.7 Å². The van der Waals surface area contributed by atoms with E-state index in [1.807, 2.05) is 0 Å². The fourth-order valence-electron chi connectivity index (χ4n) is 3.02. The largest absolute Gasteiger partial charge is 0.411 e. The summed E-state index contributed by atoms with van der Waals surface area (Å²) in [4.78, 5) is 26.4. The first-order valence-electron chi connectivity index (χ1n) is 9.11. The maximum absolute atomic E-state index is 12.4. The van der Waals surface area contributed by atoms with E-state index in [0.717, 1.165) is 0 Å². The Morgan fingerprint density at radius 1 is 1.41 bits per heavy atom. The number of nitrogens with zero attached hydrogens (tertiary/aromatic N) is 1. The van der Waals surface area contributed by atoms with Crippen LogP contribution in [0.3, 0.4) is 0 Å². The minimum Gasteiger partial charge on any atom is -0.411 e. The third-order valence-electron chi connectivity index (χ3n) is 5.74. The Morgan fingerprint density at radius 3 is 2.52 bits per heavy atom. The van der Waals surface area contributed by atoms with Crippen molar-refractivity contribution in [2.45, 2.75) is 83.4 Å². The molecule has 2 N–H and O–H groups in total. The number of H-pyrrole nitrogens is 1. The van der Waals surface area contributed by atoms with E-state index in [1.54, 1.807) is 13.8 Å². The molecule has 2 rings (SSSR count). The average Bonchev–Trinajstić information content (AvgIpc) is 2.86. The van der Waals surface area contributed by atoms with Crippen molar-refractivity contribution < 1.29 is 19.0 Å². The van der Waals surface area contributed by atoms with E-state index in [2.05, 4.69) is 38.8 Å². The summed E-state index contributed by atoms with van der Waals surface area (Å²) in [5, 5.41) is 10.3. The number of rotatable bonds is 5. The summed E-state index contributed by atoms with van der Waals surface area (Å²) >= 11 is 0. The van der Waals surface area contributed by atoms with Crippen molar-refractivity contribution in [3.8, 4) is 0 Å². The monoisotopic (exact) mass is 400 g/mol. The molecule has 0 bridgehead atoms. The Kier molecular flexibility index (Phi) is 5.95. The van der Waals surface area contributed by atoms with Crippen molar-refractivity contribution in [3.63, 3.8) is 0 Å². The third-order valence-corrected chi connectivity index (χ3v) is 10.2. The third kappa shape index (κ3) is 4.27. The van der Waals surface area contributed by atoms with Gasteiger partial charge in [-0.1, -0.05) is 20.8 Å². The van der Waals surface area contributed by atoms with E-state index in [-0.39, 0.29) is 5.04 Å². The van der Waals surface area contributed by atoms with Gasteiger partial charge in [-0.3, -0.25) is 14.3 Å². The predicted molar refractivity (Wildman–Crippen MR) is 104 cm³/mol. The number of aliphatic hydroxyl groups is 1. The zero-order valence-electron chi connectivity index (χ0n) is 17.5. The lowest BCUT2D eigenvalue weighted by atomic mass is 10.1. The van der Waals surface area contributed by atoms with E-state index < -0.39 is 43.8 Å². The molecule has 9 heteroatoms. The fraction of sp³-hybridized carbons (Fsp3) is 0.778. The van der Waals surface area contributed by atoms with Crippen LogP contribution in [0.4, 0.5) is 0 Å². The predicted octanol–water partition coefficient (Wildman–Crippen LogP) is 1.66. The quantitative estimate of drug-likeness (QED) is 0.576. The molecule has 1 aliphatic rings. The molecule has 1 fully saturated rings. The van der Waals surface area contributed by atoms with Gasteiger partial charge in [0, 0.05) is 25.3 Å². The highest BCUT2D eigenvalue weighted by atomic mass is 28.4. The first-order chi connectivity index (χ1) is 12.2. The van der Waals surface area contributed by atoms with Crippen LogP contribution < -0.4 is 11.2 Å². The van der Waals surface area contributed by atoms with E-state index in [4.69, 9.17) is 13.9 Å². The van der Waals surface area contributed by atoms with Crippen molar-refractivity contribution in [1.29, 1.82) is 0 Å². The van der Waals surface area contributed by atoms with Crippen LogP contribution in [0.15, 0.2) is 15.8 Å². The van der Waals surface area contributed by atoms with Gasteiger partial charge in [-0.15, -0.1) is 0 Å². The van der Waals surface area contributed by atoms with Gasteiger partial charge in [0.2, 0.25) is 0 Å². The van der Waals surface area contributed by atoms with Crippen LogP contribution in [-0.2, 0) is 19.6 Å². The van der Waals surface area contributed by atoms with Gasteiger partial charge in [-0.2, -0.15) is 0 Å². The molecule has 0 aromatic carbocycles. The summed E-state index contributed by atoms with van der Waals surface area (Å²) in [6, 6.07) is 0. The van der Waals surface area contributed by atoms with Gasteiger partial charge >= 0.3 is 5.69 Å². The molecule has 8 nitrogen and oxygen atoms in total. The Labute approximate surface area is 160 Å². The maximum Gasteiger partial charge on any atom is 0.330 e. The van der Waals surface area contributed by atoms with Gasteiger partial charge in [-0.05, 0) is 32.0 Å². The summed E-state index contributed by atoms with van der Waals surface area (Å²) in [5.74, 6) is 0. The molecular weight excluding hydrogens is 368 g/mol. The number of aliphatic hydroxyl groups excluding tert-OH is 1. The van der Waals surface area contributed by atoms with E-state index >= 15 is 0 Å². The first kappa shape index (κ1) is 22.0. The highest BCUT2D eigenvalue weighted by Gasteiger charge is 2.52. The second-order valence-electron chi connectivity index (χ2n) is 8.95. The normalized spacial score (nSPS) is 27.7. The molecule has 0 amide bonds. The highest BCUT2D eigenvalue weighted by Crippen LogP contribution is 2.43. The van der Waals surface area contributed by atoms with Gasteiger partial charge in [0.1, 0.15) is 11.8 Å². The highest BCUT2D eigenvalue weighted by molar-refractivity contribution is 6.74. The van der Waals surface area contributed by atoms with Crippen molar-refractivity contribution in [2.24, 2.45) is 0 Å². The van der Waals surface area contributed by atoms with E-state index in [1.165, 1.54) is 17.9 Å². The van der Waals surface area contributed by atoms with Crippen LogP contribution in [0.25, 0.3) is 0 Å². The Balaban J connectivity index is 2.44. The standard InChI is InChI=1S/C18H32N2O6Si/c1-11-10-20(16(23)19-14(11)21)18(5)9-12(13(25-18)15(22)24-6)26-27(7,8)17(2,3)4/h10,12-13,15,22H,9H2,1-8H3,(H,19,21,23)/t12-,13-,15?,18+/m0/s1. The zero-order valence-corrected chi connectivity index (χ0v) is 18.5. The van der Waals surface area contributed by atoms with Crippen LogP contribution >= 0.6 is 0 Å². The summed E-state index contributed by atoms with van der Waals surface area (Å²) in [6.45, 7) is 14.0. The van der Waals surface area contributed by atoms with Crippen molar-refractivity contribution in [2.75, 3.05) is 7.11 Å². The van der Waals surface area contributed by atoms with Gasteiger partial charge < -0.3 is 19.0 Å². The first-order valence-corrected chi connectivity index (χ1v) is 12.0. The fourth-order valence-corrected chi connectivity index (χ4v) is 4.35. The van der Waals surface area contributed by atoms with Crippen LogP contribution in [0.1, 0.15) is 39.7 Å². The van der Waals surface area contributed by atoms with Gasteiger partial charge in [0.25, 0.3) is 5.56 Å². The maximum atomic E-state index is 12.4. The van der Waals surface area contributed by atoms with Gasteiger partial charge in [-0.25, -0.2) is 4.79 Å². The molecule has 0 spiro atoms. The Morgan fingerprint density at radius 2 is 2.00 bits per heavy atom. The van der Waals surface area contributed by atoms with Crippen LogP contribution in [-0.4, -0.2) is 48.6 Å². The number of nitrogens with one attached hydrogen (secondary N) is 1. The number of hydrogen-bond donors (Lipinski definition) is 2. The van der Waals surface area contributed by atoms with Crippen LogP contribution in [0, 0.1) is 6.92 Å². The minimum absolute atomic E-state index is 0.0278.